The van der Waals surface area contributed by atoms with E-state index >= 15 is 0 Å². The first-order valence-electron chi connectivity index (χ1n) is 9.08. The van der Waals surface area contributed by atoms with E-state index in [1.165, 1.54) is 5.56 Å². The number of hydrogen-bond acceptors (Lipinski definition) is 3. The molecule has 2 amide bonds. The second-order valence-corrected chi connectivity index (χ2v) is 7.64. The average Bonchev–Trinajstić information content (AvgIpc) is 2.61. The standard InChI is InChI=1S/C19H26ClN3O2/c20-17-5-1-3-14(11-17)12-22-8-2-4-16(13-22)19(25)23-9-6-15(7-10-23)18(21)24/h1,3,5,11,15-16H,2,4,6-10,12-13H2,(H2,21,24). The molecular formula is C19H26ClN3O2. The Balaban J connectivity index is 1.54. The van der Waals surface area contributed by atoms with Gasteiger partial charge in [-0.05, 0) is 49.9 Å². The second kappa shape index (κ2) is 8.19. The van der Waals surface area contributed by atoms with Crippen LogP contribution in [0.1, 0.15) is 31.2 Å². The van der Waals surface area contributed by atoms with Gasteiger partial charge in [0.15, 0.2) is 0 Å². The fraction of sp³-hybridized carbons (Fsp3) is 0.579. The normalized spacial score (nSPS) is 22.8. The van der Waals surface area contributed by atoms with Crippen LogP contribution in [0.2, 0.25) is 5.02 Å². The number of carbonyl (C=O) groups excluding carboxylic acids is 2. The van der Waals surface area contributed by atoms with Crippen LogP contribution in [0.25, 0.3) is 0 Å². The van der Waals surface area contributed by atoms with Crippen molar-refractivity contribution in [3.63, 3.8) is 0 Å². The number of halogens is 1. The van der Waals surface area contributed by atoms with Crippen LogP contribution in [0.3, 0.4) is 0 Å². The minimum Gasteiger partial charge on any atom is -0.369 e. The summed E-state index contributed by atoms with van der Waals surface area (Å²) in [5, 5.41) is 0.749. The first-order chi connectivity index (χ1) is 12.0. The molecule has 25 heavy (non-hydrogen) atoms. The summed E-state index contributed by atoms with van der Waals surface area (Å²) in [5.74, 6) is -0.0241. The zero-order valence-electron chi connectivity index (χ0n) is 14.5. The summed E-state index contributed by atoms with van der Waals surface area (Å²) in [5.41, 5.74) is 6.56. The molecule has 2 saturated heterocycles. The number of nitrogens with zero attached hydrogens (tertiary/aromatic N) is 2. The van der Waals surface area contributed by atoms with Crippen LogP contribution in [-0.4, -0.2) is 47.8 Å². The molecule has 2 N–H and O–H groups in total. The summed E-state index contributed by atoms with van der Waals surface area (Å²) in [4.78, 5) is 28.4. The quantitative estimate of drug-likeness (QED) is 0.892. The van der Waals surface area contributed by atoms with Gasteiger partial charge in [-0.3, -0.25) is 14.5 Å². The SMILES string of the molecule is NC(=O)C1CCN(C(=O)C2CCCN(Cc3cccc(Cl)c3)C2)CC1. The van der Waals surface area contributed by atoms with Gasteiger partial charge >= 0.3 is 0 Å². The van der Waals surface area contributed by atoms with Gasteiger partial charge in [-0.1, -0.05) is 23.7 Å². The lowest BCUT2D eigenvalue weighted by Gasteiger charge is -2.37. The van der Waals surface area contributed by atoms with Crippen LogP contribution in [0.4, 0.5) is 0 Å². The maximum absolute atomic E-state index is 12.8. The maximum Gasteiger partial charge on any atom is 0.226 e. The molecule has 2 aliphatic heterocycles. The highest BCUT2D eigenvalue weighted by atomic mass is 35.5. The molecular weight excluding hydrogens is 338 g/mol. The first kappa shape index (κ1) is 18.2. The number of hydrogen-bond donors (Lipinski definition) is 1. The van der Waals surface area contributed by atoms with E-state index in [0.29, 0.717) is 25.9 Å². The van der Waals surface area contributed by atoms with Crippen LogP contribution in [0.15, 0.2) is 24.3 Å². The third-order valence-corrected chi connectivity index (χ3v) is 5.59. The molecule has 2 aliphatic rings. The first-order valence-corrected chi connectivity index (χ1v) is 9.45. The van der Waals surface area contributed by atoms with E-state index in [0.717, 1.165) is 37.5 Å². The van der Waals surface area contributed by atoms with Crippen LogP contribution >= 0.6 is 11.6 Å². The number of primary amides is 1. The van der Waals surface area contributed by atoms with Crippen molar-refractivity contribution in [1.29, 1.82) is 0 Å². The Hall–Kier alpha value is -1.59. The number of likely N-dealkylation sites (tertiary alicyclic amines) is 2. The molecule has 1 aromatic carbocycles. The molecule has 1 unspecified atom stereocenters. The van der Waals surface area contributed by atoms with Gasteiger partial charge in [-0.15, -0.1) is 0 Å². The number of rotatable bonds is 4. The number of piperidine rings is 2. The molecule has 136 valence electrons. The van der Waals surface area contributed by atoms with Crippen molar-refractivity contribution in [3.05, 3.63) is 34.9 Å². The van der Waals surface area contributed by atoms with Crippen molar-refractivity contribution in [2.45, 2.75) is 32.2 Å². The third-order valence-electron chi connectivity index (χ3n) is 5.36. The lowest BCUT2D eigenvalue weighted by molar-refractivity contribution is -0.140. The number of amides is 2. The van der Waals surface area contributed by atoms with E-state index in [2.05, 4.69) is 11.0 Å². The van der Waals surface area contributed by atoms with Gasteiger partial charge in [0.05, 0.1) is 5.92 Å². The molecule has 5 nitrogen and oxygen atoms in total. The molecule has 0 saturated carbocycles. The van der Waals surface area contributed by atoms with Crippen LogP contribution < -0.4 is 5.73 Å². The zero-order valence-corrected chi connectivity index (χ0v) is 15.3. The Bertz CT molecular complexity index is 629. The maximum atomic E-state index is 12.8. The molecule has 0 radical (unpaired) electrons. The second-order valence-electron chi connectivity index (χ2n) is 7.21. The van der Waals surface area contributed by atoms with Crippen molar-refractivity contribution in [1.82, 2.24) is 9.80 Å². The average molecular weight is 364 g/mol. The van der Waals surface area contributed by atoms with Gasteiger partial charge < -0.3 is 10.6 Å². The molecule has 1 atom stereocenters. The van der Waals surface area contributed by atoms with Gasteiger partial charge in [0.1, 0.15) is 0 Å². The topological polar surface area (TPSA) is 66.6 Å². The van der Waals surface area contributed by atoms with Gasteiger partial charge in [0.25, 0.3) is 0 Å². The smallest absolute Gasteiger partial charge is 0.226 e. The molecule has 1 aromatic rings. The number of carbonyl (C=O) groups is 2. The molecule has 3 rings (SSSR count). The minimum absolute atomic E-state index is 0.0538. The van der Waals surface area contributed by atoms with E-state index in [1.54, 1.807) is 0 Å². The highest BCUT2D eigenvalue weighted by Gasteiger charge is 2.32. The predicted molar refractivity (Wildman–Crippen MR) is 98.0 cm³/mol. The minimum atomic E-state index is -0.238. The van der Waals surface area contributed by atoms with Gasteiger partial charge in [0, 0.05) is 37.1 Å². The Morgan fingerprint density at radius 2 is 1.88 bits per heavy atom. The Kier molecular flexibility index (Phi) is 5.97. The molecule has 0 spiro atoms. The molecule has 2 fully saturated rings. The lowest BCUT2D eigenvalue weighted by Crippen LogP contribution is -2.48. The van der Waals surface area contributed by atoms with Crippen molar-refractivity contribution < 1.29 is 9.59 Å². The van der Waals surface area contributed by atoms with Crippen LogP contribution in [0, 0.1) is 11.8 Å². The summed E-state index contributed by atoms with van der Waals surface area (Å²) in [7, 11) is 0. The monoisotopic (exact) mass is 363 g/mol. The van der Waals surface area contributed by atoms with E-state index in [-0.39, 0.29) is 23.7 Å². The summed E-state index contributed by atoms with van der Waals surface area (Å²) >= 11 is 6.07. The van der Waals surface area contributed by atoms with Crippen molar-refractivity contribution in [2.75, 3.05) is 26.2 Å². The van der Waals surface area contributed by atoms with Gasteiger partial charge in [-0.2, -0.15) is 0 Å². The Morgan fingerprint density at radius 1 is 1.12 bits per heavy atom. The molecule has 0 aromatic heterocycles. The summed E-state index contributed by atoms with van der Waals surface area (Å²) in [6.45, 7) is 3.93. The zero-order chi connectivity index (χ0) is 17.8. The van der Waals surface area contributed by atoms with E-state index < -0.39 is 0 Å². The van der Waals surface area contributed by atoms with E-state index in [4.69, 9.17) is 17.3 Å². The fourth-order valence-electron chi connectivity index (χ4n) is 3.94. The Morgan fingerprint density at radius 3 is 2.56 bits per heavy atom. The molecule has 0 bridgehead atoms. The van der Waals surface area contributed by atoms with Gasteiger partial charge in [0.2, 0.25) is 11.8 Å². The lowest BCUT2D eigenvalue weighted by atomic mass is 9.92. The van der Waals surface area contributed by atoms with Crippen LogP contribution in [0.5, 0.6) is 0 Å². The molecule has 0 aliphatic carbocycles. The third kappa shape index (κ3) is 4.73. The summed E-state index contributed by atoms with van der Waals surface area (Å²) < 4.78 is 0. The molecule has 6 heteroatoms. The van der Waals surface area contributed by atoms with Gasteiger partial charge in [-0.25, -0.2) is 0 Å². The fourth-order valence-corrected chi connectivity index (χ4v) is 4.15. The predicted octanol–water partition coefficient (Wildman–Crippen LogP) is 2.28. The van der Waals surface area contributed by atoms with Crippen molar-refractivity contribution >= 4 is 23.4 Å². The number of benzene rings is 1. The highest BCUT2D eigenvalue weighted by molar-refractivity contribution is 6.30. The van der Waals surface area contributed by atoms with Crippen molar-refractivity contribution in [3.8, 4) is 0 Å². The largest absolute Gasteiger partial charge is 0.369 e. The summed E-state index contributed by atoms with van der Waals surface area (Å²) in [6, 6.07) is 7.91. The van der Waals surface area contributed by atoms with E-state index in [9.17, 15) is 9.59 Å². The van der Waals surface area contributed by atoms with E-state index in [1.807, 2.05) is 23.1 Å². The highest BCUT2D eigenvalue weighted by Crippen LogP contribution is 2.24. The molecule has 2 heterocycles. The van der Waals surface area contributed by atoms with Crippen LogP contribution in [-0.2, 0) is 16.1 Å². The number of nitrogens with two attached hydrogens (primary N) is 1. The Labute approximate surface area is 154 Å². The summed E-state index contributed by atoms with van der Waals surface area (Å²) in [6.07, 6.45) is 3.37. The van der Waals surface area contributed by atoms with Crippen molar-refractivity contribution in [2.24, 2.45) is 17.6 Å².